The molecule has 37 heavy (non-hydrogen) atoms. The van der Waals surface area contributed by atoms with Gasteiger partial charge in [0.1, 0.15) is 6.54 Å². The zero-order valence-corrected chi connectivity index (χ0v) is 21.2. The van der Waals surface area contributed by atoms with E-state index in [4.69, 9.17) is 14.6 Å². The summed E-state index contributed by atoms with van der Waals surface area (Å²) in [5.74, 6) is 0.249. The van der Waals surface area contributed by atoms with Gasteiger partial charge >= 0.3 is 0 Å². The molecule has 2 fully saturated rings. The third-order valence-electron chi connectivity index (χ3n) is 7.83. The van der Waals surface area contributed by atoms with E-state index in [0.29, 0.717) is 43.9 Å². The fraction of sp³-hybridized carbons (Fsp3) is 0.519. The van der Waals surface area contributed by atoms with Crippen LogP contribution in [-0.2, 0) is 19.2 Å². The number of carbonyl (C=O) groups is 4. The molecule has 10 nitrogen and oxygen atoms in total. The maximum absolute atomic E-state index is 13.6. The van der Waals surface area contributed by atoms with Crippen LogP contribution in [0.25, 0.3) is 0 Å². The fourth-order valence-electron chi connectivity index (χ4n) is 5.72. The Kier molecular flexibility index (Phi) is 6.99. The highest BCUT2D eigenvalue weighted by Gasteiger charge is 2.43. The lowest BCUT2D eigenvalue weighted by Gasteiger charge is -2.42. The number of hydrogen-bond acceptors (Lipinski definition) is 7. The molecule has 0 spiro atoms. The van der Waals surface area contributed by atoms with Crippen LogP contribution in [0.1, 0.15) is 44.1 Å². The molecule has 4 amide bonds. The molecule has 1 aromatic carbocycles. The molecule has 0 saturated carbocycles. The largest absolute Gasteiger partial charge is 0.493 e. The Morgan fingerprint density at radius 3 is 2.24 bits per heavy atom. The van der Waals surface area contributed by atoms with Crippen molar-refractivity contribution in [3.63, 3.8) is 0 Å². The van der Waals surface area contributed by atoms with Gasteiger partial charge in [0.2, 0.25) is 23.6 Å². The molecule has 2 atom stereocenters. The van der Waals surface area contributed by atoms with E-state index in [9.17, 15) is 19.2 Å². The van der Waals surface area contributed by atoms with E-state index < -0.39 is 0 Å². The Morgan fingerprint density at radius 1 is 0.946 bits per heavy atom. The van der Waals surface area contributed by atoms with Crippen molar-refractivity contribution in [3.8, 4) is 11.5 Å². The van der Waals surface area contributed by atoms with Crippen LogP contribution < -0.4 is 9.47 Å². The van der Waals surface area contributed by atoms with Crippen LogP contribution in [0.3, 0.4) is 0 Å². The number of benzene rings is 1. The molecule has 2 unspecified atom stereocenters. The van der Waals surface area contributed by atoms with Crippen LogP contribution in [0, 0.1) is 11.8 Å². The zero-order valence-electron chi connectivity index (χ0n) is 21.2. The molecule has 5 rings (SSSR count). The van der Waals surface area contributed by atoms with E-state index in [2.05, 4.69) is 12.2 Å². The van der Waals surface area contributed by atoms with Crippen molar-refractivity contribution in [2.75, 3.05) is 33.9 Å². The first-order valence-corrected chi connectivity index (χ1v) is 12.8. The third kappa shape index (κ3) is 4.72. The number of carbonyl (C=O) groups excluding carboxylic acids is 4. The number of methoxy groups -OCH3 is 2. The second-order valence-corrected chi connectivity index (χ2v) is 9.88. The maximum atomic E-state index is 13.6. The van der Waals surface area contributed by atoms with Gasteiger partial charge in [0, 0.05) is 37.4 Å². The number of rotatable bonds is 6. The summed E-state index contributed by atoms with van der Waals surface area (Å²) in [5.41, 5.74) is 1.76. The van der Waals surface area contributed by atoms with Crippen molar-refractivity contribution in [3.05, 3.63) is 35.9 Å². The van der Waals surface area contributed by atoms with Crippen LogP contribution in [0.15, 0.2) is 35.5 Å². The number of piperidine rings is 1. The zero-order chi connectivity index (χ0) is 26.1. The van der Waals surface area contributed by atoms with Gasteiger partial charge in [0.15, 0.2) is 11.5 Å². The minimum Gasteiger partial charge on any atom is -0.493 e. The van der Waals surface area contributed by atoms with E-state index in [0.717, 1.165) is 22.6 Å². The van der Waals surface area contributed by atoms with Gasteiger partial charge in [-0.05, 0) is 43.9 Å². The Labute approximate surface area is 215 Å². The minimum atomic E-state index is -0.291. The van der Waals surface area contributed by atoms with Crippen molar-refractivity contribution < 1.29 is 28.7 Å². The number of hydrogen-bond donors (Lipinski definition) is 0. The lowest BCUT2D eigenvalue weighted by atomic mass is 9.76. The van der Waals surface area contributed by atoms with Gasteiger partial charge in [-0.2, -0.15) is 5.10 Å². The number of imide groups is 1. The summed E-state index contributed by atoms with van der Waals surface area (Å²) in [6.07, 6.45) is 7.09. The van der Waals surface area contributed by atoms with Crippen molar-refractivity contribution in [2.45, 2.75) is 44.6 Å². The second-order valence-electron chi connectivity index (χ2n) is 9.88. The van der Waals surface area contributed by atoms with Gasteiger partial charge in [-0.1, -0.05) is 12.2 Å². The first-order chi connectivity index (χ1) is 17.9. The van der Waals surface area contributed by atoms with Crippen LogP contribution in [0.4, 0.5) is 0 Å². The molecule has 1 aromatic rings. The van der Waals surface area contributed by atoms with E-state index in [1.807, 2.05) is 18.2 Å². The summed E-state index contributed by atoms with van der Waals surface area (Å²) in [6.45, 7) is 0.681. The van der Waals surface area contributed by atoms with Crippen molar-refractivity contribution in [1.82, 2.24) is 14.8 Å². The Hall–Kier alpha value is -3.69. The molecule has 0 N–H and O–H groups in total. The first-order valence-electron chi connectivity index (χ1n) is 12.8. The van der Waals surface area contributed by atoms with Gasteiger partial charge in [-0.3, -0.25) is 24.1 Å². The Morgan fingerprint density at radius 2 is 1.59 bits per heavy atom. The first kappa shape index (κ1) is 25.0. The Balaban J connectivity index is 1.34. The lowest BCUT2D eigenvalue weighted by molar-refractivity contribution is -0.147. The van der Waals surface area contributed by atoms with Crippen LogP contribution in [0.2, 0.25) is 0 Å². The topological polar surface area (TPSA) is 109 Å². The predicted molar refractivity (Wildman–Crippen MR) is 134 cm³/mol. The Bertz CT molecular complexity index is 1150. The van der Waals surface area contributed by atoms with Crippen LogP contribution in [-0.4, -0.2) is 84.0 Å². The molecule has 196 valence electrons. The third-order valence-corrected chi connectivity index (χ3v) is 7.83. The van der Waals surface area contributed by atoms with E-state index in [1.54, 1.807) is 24.1 Å². The second kappa shape index (κ2) is 10.4. The number of ether oxygens (including phenoxy) is 2. The van der Waals surface area contributed by atoms with Gasteiger partial charge in [-0.15, -0.1) is 0 Å². The van der Waals surface area contributed by atoms with E-state index >= 15 is 0 Å². The molecule has 0 aromatic heterocycles. The summed E-state index contributed by atoms with van der Waals surface area (Å²) >= 11 is 0. The molecule has 0 radical (unpaired) electrons. The average Bonchev–Trinajstić information content (AvgIpc) is 3.25. The molecule has 10 heteroatoms. The van der Waals surface area contributed by atoms with Crippen molar-refractivity contribution >= 4 is 29.3 Å². The fourth-order valence-corrected chi connectivity index (χ4v) is 5.72. The number of nitrogens with zero attached hydrogens (tertiary/aromatic N) is 4. The van der Waals surface area contributed by atoms with E-state index in [1.165, 1.54) is 0 Å². The smallest absolute Gasteiger partial charge is 0.247 e. The lowest BCUT2D eigenvalue weighted by Crippen LogP contribution is -2.53. The molecule has 3 heterocycles. The number of amides is 4. The minimum absolute atomic E-state index is 0.0101. The quantitative estimate of drug-likeness (QED) is 0.429. The summed E-state index contributed by atoms with van der Waals surface area (Å²) in [5, 5.41) is 6.55. The molecular formula is C27H32N4O6. The van der Waals surface area contributed by atoms with Crippen LogP contribution in [0.5, 0.6) is 11.5 Å². The highest BCUT2D eigenvalue weighted by Crippen LogP contribution is 2.38. The number of likely N-dealkylation sites (tertiary alicyclic amines) is 2. The molecule has 1 aliphatic carbocycles. The normalized spacial score (nSPS) is 24.3. The number of fused-ring (bicyclic) bond motifs is 1. The van der Waals surface area contributed by atoms with Gasteiger partial charge in [0.25, 0.3) is 0 Å². The molecular weight excluding hydrogens is 476 g/mol. The van der Waals surface area contributed by atoms with Crippen molar-refractivity contribution in [2.24, 2.45) is 16.9 Å². The van der Waals surface area contributed by atoms with Gasteiger partial charge in [0.05, 0.1) is 31.9 Å². The molecule has 2 saturated heterocycles. The highest BCUT2D eigenvalue weighted by molar-refractivity contribution is 6.07. The number of hydrazone groups is 1. The van der Waals surface area contributed by atoms with Crippen molar-refractivity contribution in [1.29, 1.82) is 0 Å². The maximum Gasteiger partial charge on any atom is 0.247 e. The molecule has 3 aliphatic heterocycles. The van der Waals surface area contributed by atoms with Gasteiger partial charge in [-0.25, -0.2) is 5.01 Å². The highest BCUT2D eigenvalue weighted by atomic mass is 16.5. The standard InChI is InChI=1S/C27H32N4O6/c1-36-21-8-7-17(15-22(21)37-2)26-19-5-3-4-6-20(19)27(35)31(28-26)18-11-13-29(14-12-18)25(34)16-30-23(32)9-10-24(30)33/h3-4,7-8,15,18-20H,5-6,9-14,16H2,1-2H3. The molecule has 0 bridgehead atoms. The predicted octanol–water partition coefficient (Wildman–Crippen LogP) is 1.97. The SMILES string of the molecule is COc1ccc(C2=NN(C3CCN(C(=O)CN4C(=O)CCC4=O)CC3)C(=O)C3CC=CCC23)cc1OC. The van der Waals surface area contributed by atoms with E-state index in [-0.39, 0.29) is 60.9 Å². The summed E-state index contributed by atoms with van der Waals surface area (Å²) in [7, 11) is 3.19. The van der Waals surface area contributed by atoms with Crippen LogP contribution >= 0.6 is 0 Å². The summed E-state index contributed by atoms with van der Waals surface area (Å²) in [4.78, 5) is 52.8. The summed E-state index contributed by atoms with van der Waals surface area (Å²) in [6, 6.07) is 5.58. The van der Waals surface area contributed by atoms with Gasteiger partial charge < -0.3 is 14.4 Å². The monoisotopic (exact) mass is 508 g/mol. The molecule has 4 aliphatic rings. The average molecular weight is 509 g/mol. The number of allylic oxidation sites excluding steroid dienone is 2. The summed E-state index contributed by atoms with van der Waals surface area (Å²) < 4.78 is 10.9.